The fourth-order valence-corrected chi connectivity index (χ4v) is 1.88. The average molecular weight is 270 g/mol. The van der Waals surface area contributed by atoms with E-state index in [1.54, 1.807) is 19.3 Å². The molecule has 1 heterocycles. The van der Waals surface area contributed by atoms with E-state index in [-0.39, 0.29) is 18.3 Å². The average Bonchev–Trinajstić information content (AvgIpc) is 2.81. The molecule has 0 spiro atoms. The van der Waals surface area contributed by atoms with Gasteiger partial charge in [0.15, 0.2) is 5.05 Å². The Bertz CT molecular complexity index is 372. The molecule has 0 fully saturated rings. The molecular weight excluding hydrogens is 252 g/mol. The van der Waals surface area contributed by atoms with Crippen molar-refractivity contribution in [3.63, 3.8) is 0 Å². The smallest absolute Gasteiger partial charge is 0.306 e. The topological polar surface area (TPSA) is 48.7 Å². The van der Waals surface area contributed by atoms with Crippen LogP contribution in [0, 0.1) is 5.92 Å². The quantitative estimate of drug-likeness (QED) is 0.563. The van der Waals surface area contributed by atoms with Crippen molar-refractivity contribution in [3.8, 4) is 0 Å². The summed E-state index contributed by atoms with van der Waals surface area (Å²) in [6.07, 6.45) is 2.36. The molecule has 1 aromatic rings. The second kappa shape index (κ2) is 7.87. The number of ether oxygens (including phenoxy) is 2. The highest BCUT2D eigenvalue weighted by Gasteiger charge is 2.22. The lowest BCUT2D eigenvalue weighted by atomic mass is 10.0. The number of carbonyl (C=O) groups excluding carboxylic acids is 1. The molecule has 1 aromatic heterocycles. The Morgan fingerprint density at radius 2 is 2.11 bits per heavy atom. The Hall–Kier alpha value is -1.36. The molecule has 0 N–H and O–H groups in total. The van der Waals surface area contributed by atoms with E-state index < -0.39 is 0 Å². The third-order valence-electron chi connectivity index (χ3n) is 2.37. The normalized spacial score (nSPS) is 11.9. The highest BCUT2D eigenvalue weighted by Crippen LogP contribution is 2.16. The molecule has 0 aliphatic carbocycles. The van der Waals surface area contributed by atoms with E-state index in [0.717, 1.165) is 5.76 Å². The molecule has 0 amide bonds. The van der Waals surface area contributed by atoms with Crippen LogP contribution < -0.4 is 0 Å². The molecule has 1 unspecified atom stereocenters. The van der Waals surface area contributed by atoms with E-state index in [1.165, 1.54) is 0 Å². The van der Waals surface area contributed by atoms with Crippen LogP contribution in [0.5, 0.6) is 0 Å². The first-order valence-electron chi connectivity index (χ1n) is 6.02. The van der Waals surface area contributed by atoms with E-state index >= 15 is 0 Å². The highest BCUT2D eigenvalue weighted by molar-refractivity contribution is 7.80. The van der Waals surface area contributed by atoms with Crippen molar-refractivity contribution >= 4 is 23.2 Å². The number of rotatable bonds is 7. The fraction of sp³-hybridized carbons (Fsp3) is 0.538. The van der Waals surface area contributed by atoms with Crippen molar-refractivity contribution in [3.05, 3.63) is 24.2 Å². The van der Waals surface area contributed by atoms with Gasteiger partial charge < -0.3 is 13.9 Å². The maximum absolute atomic E-state index is 11.5. The van der Waals surface area contributed by atoms with Crippen LogP contribution in [0.4, 0.5) is 0 Å². The minimum absolute atomic E-state index is 0.190. The van der Waals surface area contributed by atoms with Crippen LogP contribution in [0.3, 0.4) is 0 Å². The second-order valence-corrected chi connectivity index (χ2v) is 4.14. The molecule has 0 aliphatic rings. The zero-order valence-electron chi connectivity index (χ0n) is 10.7. The third-order valence-corrected chi connectivity index (χ3v) is 2.82. The van der Waals surface area contributed by atoms with Crippen LogP contribution in [-0.4, -0.2) is 24.2 Å². The minimum atomic E-state index is -0.267. The highest BCUT2D eigenvalue weighted by atomic mass is 32.1. The molecule has 1 atom stereocenters. The Labute approximate surface area is 112 Å². The molecule has 18 heavy (non-hydrogen) atoms. The SMILES string of the molecule is CCOC(=O)CC(Cc1ccco1)C(=S)OCC. The van der Waals surface area contributed by atoms with Crippen LogP contribution in [-0.2, 0) is 20.7 Å². The van der Waals surface area contributed by atoms with Gasteiger partial charge in [-0.25, -0.2) is 0 Å². The van der Waals surface area contributed by atoms with Crippen molar-refractivity contribution in [2.45, 2.75) is 26.7 Å². The van der Waals surface area contributed by atoms with E-state index in [4.69, 9.17) is 26.1 Å². The van der Waals surface area contributed by atoms with E-state index in [2.05, 4.69) is 0 Å². The summed E-state index contributed by atoms with van der Waals surface area (Å²) < 4.78 is 15.5. The lowest BCUT2D eigenvalue weighted by Crippen LogP contribution is -2.22. The van der Waals surface area contributed by atoms with E-state index in [9.17, 15) is 4.79 Å². The summed E-state index contributed by atoms with van der Waals surface area (Å²) in [7, 11) is 0. The molecule has 0 aliphatic heterocycles. The Kier molecular flexibility index (Phi) is 6.43. The first-order chi connectivity index (χ1) is 8.67. The minimum Gasteiger partial charge on any atom is -0.487 e. The molecule has 1 rings (SSSR count). The summed E-state index contributed by atoms with van der Waals surface area (Å²) in [5.74, 6) is 0.326. The molecule has 0 aromatic carbocycles. The van der Waals surface area contributed by atoms with Crippen LogP contribution in [0.1, 0.15) is 26.0 Å². The number of furan rings is 1. The predicted octanol–water partition coefficient (Wildman–Crippen LogP) is 2.76. The Morgan fingerprint density at radius 1 is 1.39 bits per heavy atom. The monoisotopic (exact) mass is 270 g/mol. The maximum atomic E-state index is 11.5. The number of esters is 1. The van der Waals surface area contributed by atoms with Crippen molar-refractivity contribution in [2.24, 2.45) is 5.92 Å². The van der Waals surface area contributed by atoms with Crippen molar-refractivity contribution in [2.75, 3.05) is 13.2 Å². The van der Waals surface area contributed by atoms with Crippen LogP contribution in [0.2, 0.25) is 0 Å². The Morgan fingerprint density at radius 3 is 2.67 bits per heavy atom. The predicted molar refractivity (Wildman–Crippen MR) is 71.4 cm³/mol. The zero-order valence-corrected chi connectivity index (χ0v) is 11.5. The standard InChI is InChI=1S/C13H18O4S/c1-3-15-12(14)9-10(13(18)16-4-2)8-11-6-5-7-17-11/h5-7,10H,3-4,8-9H2,1-2H3. The van der Waals surface area contributed by atoms with Crippen molar-refractivity contribution in [1.82, 2.24) is 0 Å². The number of carbonyl (C=O) groups is 1. The lowest BCUT2D eigenvalue weighted by Gasteiger charge is -2.16. The number of hydrogen-bond acceptors (Lipinski definition) is 5. The molecule has 0 bridgehead atoms. The van der Waals surface area contributed by atoms with E-state index in [1.807, 2.05) is 13.0 Å². The molecule has 0 saturated heterocycles. The van der Waals surface area contributed by atoms with Crippen molar-refractivity contribution in [1.29, 1.82) is 0 Å². The lowest BCUT2D eigenvalue weighted by molar-refractivity contribution is -0.143. The van der Waals surface area contributed by atoms with Gasteiger partial charge in [-0.2, -0.15) is 0 Å². The third kappa shape index (κ3) is 4.87. The molecule has 0 saturated carbocycles. The largest absolute Gasteiger partial charge is 0.487 e. The summed E-state index contributed by atoms with van der Waals surface area (Å²) in [5, 5.41) is 0.432. The first-order valence-corrected chi connectivity index (χ1v) is 6.42. The summed E-state index contributed by atoms with van der Waals surface area (Å²) in [5.41, 5.74) is 0. The van der Waals surface area contributed by atoms with Gasteiger partial charge in [0, 0.05) is 12.3 Å². The zero-order chi connectivity index (χ0) is 13.4. The van der Waals surface area contributed by atoms with Crippen molar-refractivity contribution < 1.29 is 18.7 Å². The number of hydrogen-bond donors (Lipinski definition) is 0. The summed E-state index contributed by atoms with van der Waals surface area (Å²) >= 11 is 5.18. The number of thiocarbonyl (C=S) groups is 1. The molecule has 0 radical (unpaired) electrons. The van der Waals surface area contributed by atoms with Gasteiger partial charge in [-0.1, -0.05) is 0 Å². The summed E-state index contributed by atoms with van der Waals surface area (Å²) in [4.78, 5) is 11.5. The molecule has 100 valence electrons. The van der Waals surface area contributed by atoms with Gasteiger partial charge in [0.05, 0.1) is 25.9 Å². The van der Waals surface area contributed by atoms with Crippen LogP contribution in [0.15, 0.2) is 22.8 Å². The van der Waals surface area contributed by atoms with Crippen LogP contribution >= 0.6 is 12.2 Å². The van der Waals surface area contributed by atoms with Gasteiger partial charge in [0.2, 0.25) is 0 Å². The molecular formula is C13H18O4S. The van der Waals surface area contributed by atoms with E-state index in [0.29, 0.717) is 24.7 Å². The molecule has 5 heteroatoms. The van der Waals surface area contributed by atoms with Gasteiger partial charge in [-0.15, -0.1) is 0 Å². The first kappa shape index (κ1) is 14.7. The van der Waals surface area contributed by atoms with Gasteiger partial charge in [0.25, 0.3) is 0 Å². The second-order valence-electron chi connectivity index (χ2n) is 3.74. The van der Waals surface area contributed by atoms with Gasteiger partial charge >= 0.3 is 5.97 Å². The van der Waals surface area contributed by atoms with Gasteiger partial charge in [0.1, 0.15) is 5.76 Å². The summed E-state index contributed by atoms with van der Waals surface area (Å²) in [6, 6.07) is 3.66. The molecule has 4 nitrogen and oxygen atoms in total. The Balaban J connectivity index is 2.62. The summed E-state index contributed by atoms with van der Waals surface area (Å²) in [6.45, 7) is 4.50. The van der Waals surface area contributed by atoms with Gasteiger partial charge in [-0.3, -0.25) is 4.79 Å². The fourth-order valence-electron chi connectivity index (χ4n) is 1.59. The maximum Gasteiger partial charge on any atom is 0.306 e. The van der Waals surface area contributed by atoms with Gasteiger partial charge in [-0.05, 0) is 38.2 Å². The van der Waals surface area contributed by atoms with Crippen LogP contribution in [0.25, 0.3) is 0 Å².